The molecule has 0 radical (unpaired) electrons. The molecular weight excluding hydrogens is 224 g/mol. The van der Waals surface area contributed by atoms with Crippen molar-refractivity contribution in [3.8, 4) is 0 Å². The molecule has 0 aromatic carbocycles. The number of hydrogen-bond acceptors (Lipinski definition) is 4. The zero-order chi connectivity index (χ0) is 13.0. The van der Waals surface area contributed by atoms with Crippen molar-refractivity contribution in [2.45, 2.75) is 25.4 Å². The average molecular weight is 242 g/mol. The van der Waals surface area contributed by atoms with Crippen molar-refractivity contribution in [1.82, 2.24) is 20.9 Å². The Kier molecular flexibility index (Phi) is 4.45. The van der Waals surface area contributed by atoms with Gasteiger partial charge in [0.25, 0.3) is 0 Å². The summed E-state index contributed by atoms with van der Waals surface area (Å²) in [5, 5.41) is 7.34. The Morgan fingerprint density at radius 2 is 2.12 bits per heavy atom. The summed E-state index contributed by atoms with van der Waals surface area (Å²) in [5.74, 6) is -0.476. The van der Waals surface area contributed by atoms with Gasteiger partial charge in [-0.05, 0) is 13.3 Å². The fourth-order valence-corrected chi connectivity index (χ4v) is 1.64. The Morgan fingerprint density at radius 3 is 2.59 bits per heavy atom. The van der Waals surface area contributed by atoms with Gasteiger partial charge in [-0.2, -0.15) is 0 Å². The lowest BCUT2D eigenvalue weighted by molar-refractivity contribution is -0.128. The fourth-order valence-electron chi connectivity index (χ4n) is 1.64. The van der Waals surface area contributed by atoms with Crippen LogP contribution in [-0.4, -0.2) is 55.5 Å². The topological polar surface area (TPSA) is 90.5 Å². The van der Waals surface area contributed by atoms with Crippen LogP contribution in [-0.2, 0) is 9.59 Å². The molecule has 0 aliphatic carbocycles. The first-order valence-corrected chi connectivity index (χ1v) is 5.49. The minimum absolute atomic E-state index is 0.0235. The summed E-state index contributed by atoms with van der Waals surface area (Å²) in [6, 6.07) is -1.49. The molecule has 4 amide bonds. The lowest BCUT2D eigenvalue weighted by atomic mass is 10.2. The maximum absolute atomic E-state index is 11.6. The summed E-state index contributed by atoms with van der Waals surface area (Å²) >= 11 is 0. The van der Waals surface area contributed by atoms with Crippen LogP contribution in [0.1, 0.15) is 13.3 Å². The van der Waals surface area contributed by atoms with Crippen molar-refractivity contribution < 1.29 is 14.4 Å². The number of urea groups is 1. The Morgan fingerprint density at radius 1 is 1.47 bits per heavy atom. The van der Waals surface area contributed by atoms with Crippen LogP contribution < -0.4 is 16.0 Å². The van der Waals surface area contributed by atoms with Gasteiger partial charge in [0.1, 0.15) is 0 Å². The second-order valence-corrected chi connectivity index (χ2v) is 4.06. The van der Waals surface area contributed by atoms with E-state index in [2.05, 4.69) is 16.0 Å². The molecule has 1 saturated heterocycles. The van der Waals surface area contributed by atoms with E-state index < -0.39 is 18.0 Å². The molecule has 7 heteroatoms. The van der Waals surface area contributed by atoms with Crippen molar-refractivity contribution in [2.24, 2.45) is 0 Å². The first-order valence-electron chi connectivity index (χ1n) is 5.49. The first kappa shape index (κ1) is 13.4. The van der Waals surface area contributed by atoms with Gasteiger partial charge in [-0.1, -0.05) is 0 Å². The van der Waals surface area contributed by atoms with Crippen LogP contribution in [0.25, 0.3) is 0 Å². The highest BCUT2D eigenvalue weighted by Gasteiger charge is 2.31. The maximum atomic E-state index is 11.6. The molecule has 1 heterocycles. The largest absolute Gasteiger partial charge is 0.344 e. The summed E-state index contributed by atoms with van der Waals surface area (Å²) in [6.07, 6.45) is 0.674. The number of likely N-dealkylation sites (tertiary alicyclic amines) is 1. The van der Waals surface area contributed by atoms with Gasteiger partial charge < -0.3 is 10.2 Å². The van der Waals surface area contributed by atoms with Crippen LogP contribution in [0.4, 0.5) is 4.79 Å². The summed E-state index contributed by atoms with van der Waals surface area (Å²) in [4.78, 5) is 35.7. The molecule has 2 atom stereocenters. The highest BCUT2D eigenvalue weighted by atomic mass is 16.2. The lowest BCUT2D eigenvalue weighted by Gasteiger charge is -2.17. The summed E-state index contributed by atoms with van der Waals surface area (Å²) in [5.41, 5.74) is 0. The molecule has 0 saturated carbocycles. The quantitative estimate of drug-likeness (QED) is 0.571. The van der Waals surface area contributed by atoms with Crippen LogP contribution in [0.3, 0.4) is 0 Å². The third kappa shape index (κ3) is 3.42. The summed E-state index contributed by atoms with van der Waals surface area (Å²) in [6.45, 7) is 2.30. The standard InChI is InChI=1S/C10H18N4O3/c1-6(8(15)13-10(17)11-2)12-7-4-5-14(3)9(7)16/h6-7,12H,4-5H2,1-3H3,(H2,11,13,15,17). The molecular formula is C10H18N4O3. The molecule has 7 nitrogen and oxygen atoms in total. The van der Waals surface area contributed by atoms with Crippen LogP contribution in [0.2, 0.25) is 0 Å². The zero-order valence-electron chi connectivity index (χ0n) is 10.2. The Labute approximate surface area is 99.9 Å². The van der Waals surface area contributed by atoms with E-state index >= 15 is 0 Å². The van der Waals surface area contributed by atoms with Crippen LogP contribution in [0, 0.1) is 0 Å². The molecule has 2 unspecified atom stereocenters. The normalized spacial score (nSPS) is 21.2. The van der Waals surface area contributed by atoms with E-state index in [1.807, 2.05) is 0 Å². The Bertz CT molecular complexity index is 332. The summed E-state index contributed by atoms with van der Waals surface area (Å²) in [7, 11) is 3.15. The van der Waals surface area contributed by atoms with E-state index in [0.29, 0.717) is 13.0 Å². The fraction of sp³-hybridized carbons (Fsp3) is 0.700. The number of rotatable bonds is 3. The zero-order valence-corrected chi connectivity index (χ0v) is 10.2. The third-order valence-corrected chi connectivity index (χ3v) is 2.74. The van der Waals surface area contributed by atoms with E-state index in [-0.39, 0.29) is 11.9 Å². The average Bonchev–Trinajstić information content (AvgIpc) is 2.60. The molecule has 0 aromatic heterocycles. The molecule has 3 N–H and O–H groups in total. The maximum Gasteiger partial charge on any atom is 0.321 e. The molecule has 0 bridgehead atoms. The molecule has 1 rings (SSSR count). The van der Waals surface area contributed by atoms with Crippen LogP contribution >= 0.6 is 0 Å². The number of likely N-dealkylation sites (N-methyl/N-ethyl adjacent to an activating group) is 1. The summed E-state index contributed by atoms with van der Waals surface area (Å²) < 4.78 is 0. The lowest BCUT2D eigenvalue weighted by Crippen LogP contribution is -2.51. The van der Waals surface area contributed by atoms with Gasteiger partial charge in [-0.25, -0.2) is 4.79 Å². The number of carbonyl (C=O) groups is 3. The van der Waals surface area contributed by atoms with E-state index in [1.165, 1.54) is 7.05 Å². The van der Waals surface area contributed by atoms with Gasteiger partial charge in [0.05, 0.1) is 12.1 Å². The van der Waals surface area contributed by atoms with Crippen molar-refractivity contribution in [1.29, 1.82) is 0 Å². The van der Waals surface area contributed by atoms with Gasteiger partial charge in [-0.15, -0.1) is 0 Å². The molecule has 17 heavy (non-hydrogen) atoms. The van der Waals surface area contributed by atoms with E-state index in [0.717, 1.165) is 0 Å². The Balaban J connectivity index is 2.44. The number of nitrogens with zero attached hydrogens (tertiary/aromatic N) is 1. The SMILES string of the molecule is CNC(=O)NC(=O)C(C)NC1CCN(C)C1=O. The van der Waals surface area contributed by atoms with Crippen molar-refractivity contribution in [3.63, 3.8) is 0 Å². The second-order valence-electron chi connectivity index (χ2n) is 4.06. The molecule has 0 aromatic rings. The number of imide groups is 1. The van der Waals surface area contributed by atoms with E-state index in [4.69, 9.17) is 0 Å². The first-order chi connectivity index (χ1) is 7.95. The monoisotopic (exact) mass is 242 g/mol. The van der Waals surface area contributed by atoms with Crippen molar-refractivity contribution >= 4 is 17.8 Å². The predicted molar refractivity (Wildman–Crippen MR) is 61.2 cm³/mol. The molecule has 96 valence electrons. The van der Waals surface area contributed by atoms with Crippen molar-refractivity contribution in [3.05, 3.63) is 0 Å². The third-order valence-electron chi connectivity index (χ3n) is 2.74. The second kappa shape index (κ2) is 5.62. The minimum atomic E-state index is -0.590. The number of nitrogens with one attached hydrogen (secondary N) is 3. The highest BCUT2D eigenvalue weighted by Crippen LogP contribution is 2.09. The number of amides is 4. The van der Waals surface area contributed by atoms with Crippen LogP contribution in [0.5, 0.6) is 0 Å². The van der Waals surface area contributed by atoms with Gasteiger partial charge >= 0.3 is 6.03 Å². The minimum Gasteiger partial charge on any atom is -0.344 e. The highest BCUT2D eigenvalue weighted by molar-refractivity contribution is 5.97. The van der Waals surface area contributed by atoms with E-state index in [9.17, 15) is 14.4 Å². The molecule has 1 aliphatic rings. The number of hydrogen-bond donors (Lipinski definition) is 3. The van der Waals surface area contributed by atoms with Gasteiger partial charge in [0, 0.05) is 20.6 Å². The Hall–Kier alpha value is -1.63. The smallest absolute Gasteiger partial charge is 0.321 e. The van der Waals surface area contributed by atoms with Gasteiger partial charge in [-0.3, -0.25) is 20.2 Å². The molecule has 0 spiro atoms. The van der Waals surface area contributed by atoms with Crippen LogP contribution in [0.15, 0.2) is 0 Å². The van der Waals surface area contributed by atoms with E-state index in [1.54, 1.807) is 18.9 Å². The van der Waals surface area contributed by atoms with Gasteiger partial charge in [0.15, 0.2) is 0 Å². The van der Waals surface area contributed by atoms with Gasteiger partial charge in [0.2, 0.25) is 11.8 Å². The van der Waals surface area contributed by atoms with Crippen molar-refractivity contribution in [2.75, 3.05) is 20.6 Å². The molecule has 1 aliphatic heterocycles. The number of carbonyl (C=O) groups excluding carboxylic acids is 3. The molecule has 1 fully saturated rings. The predicted octanol–water partition coefficient (Wildman–Crippen LogP) is -1.35.